The Balaban J connectivity index is 1.47. The maximum absolute atomic E-state index is 14.4. The van der Waals surface area contributed by atoms with Crippen molar-refractivity contribution < 1.29 is 14.3 Å². The molecular formula is C26H19ClFN7O2. The van der Waals surface area contributed by atoms with Gasteiger partial charge < -0.3 is 20.6 Å². The van der Waals surface area contributed by atoms with Crippen LogP contribution in [0.3, 0.4) is 0 Å². The third-order valence-electron chi connectivity index (χ3n) is 6.63. The van der Waals surface area contributed by atoms with E-state index in [2.05, 4.69) is 20.3 Å². The number of fused-ring (bicyclic) bond motifs is 2. The molecule has 0 spiro atoms. The molecule has 0 saturated heterocycles. The lowest BCUT2D eigenvalue weighted by Gasteiger charge is -2.23. The predicted molar refractivity (Wildman–Crippen MR) is 136 cm³/mol. The molecule has 6 rings (SSSR count). The number of aromatic nitrogens is 5. The second-order valence-corrected chi connectivity index (χ2v) is 9.31. The van der Waals surface area contributed by atoms with Crippen molar-refractivity contribution in [3.8, 4) is 17.3 Å². The zero-order valence-corrected chi connectivity index (χ0v) is 20.2. The standard InChI is InChI=1S/C26H19ClFN7O2/c1-26(14-6-7-15(27)19(36)11-14)20-21(29)32-22(33-23(20)34-25(26)37)18-12-35-9-8-30-24(35)17(31-18)10-13-4-2-3-5-16(13)28/h2-9,11-12,36H,10H2,1H3,(H3,29,32,33,34,37)/t26-/m1/s1. The lowest BCUT2D eigenvalue weighted by atomic mass is 9.77. The number of aromatic hydroxyl groups is 1. The molecule has 4 N–H and O–H groups in total. The molecule has 0 radical (unpaired) electrons. The van der Waals surface area contributed by atoms with E-state index >= 15 is 0 Å². The molecule has 0 saturated carbocycles. The highest BCUT2D eigenvalue weighted by molar-refractivity contribution is 6.32. The number of imidazole rings is 1. The Hall–Kier alpha value is -4.57. The average molecular weight is 516 g/mol. The van der Waals surface area contributed by atoms with E-state index in [-0.39, 0.29) is 46.4 Å². The van der Waals surface area contributed by atoms with Crippen molar-refractivity contribution in [3.05, 3.63) is 94.3 Å². The molecule has 0 unspecified atom stereocenters. The van der Waals surface area contributed by atoms with Gasteiger partial charge in [-0.3, -0.25) is 4.79 Å². The normalized spacial score (nSPS) is 16.7. The summed E-state index contributed by atoms with van der Waals surface area (Å²) >= 11 is 5.96. The van der Waals surface area contributed by atoms with Crippen molar-refractivity contribution in [2.75, 3.05) is 11.1 Å². The van der Waals surface area contributed by atoms with Crippen LogP contribution < -0.4 is 11.1 Å². The Morgan fingerprint density at radius 3 is 2.78 bits per heavy atom. The minimum Gasteiger partial charge on any atom is -0.506 e. The number of anilines is 2. The van der Waals surface area contributed by atoms with Gasteiger partial charge in [0.2, 0.25) is 5.91 Å². The molecule has 3 aromatic heterocycles. The molecule has 11 heteroatoms. The number of nitrogen functional groups attached to an aromatic ring is 1. The second kappa shape index (κ2) is 8.24. The highest BCUT2D eigenvalue weighted by atomic mass is 35.5. The van der Waals surface area contributed by atoms with Crippen LogP contribution in [0, 0.1) is 5.82 Å². The molecule has 9 nitrogen and oxygen atoms in total. The number of nitrogens with zero attached hydrogens (tertiary/aromatic N) is 5. The Bertz CT molecular complexity index is 1740. The van der Waals surface area contributed by atoms with Crippen LogP contribution in [0.5, 0.6) is 5.75 Å². The zero-order chi connectivity index (χ0) is 25.9. The van der Waals surface area contributed by atoms with Gasteiger partial charge in [0.1, 0.15) is 34.3 Å². The summed E-state index contributed by atoms with van der Waals surface area (Å²) < 4.78 is 16.1. The Labute approximate surface area is 214 Å². The maximum Gasteiger partial charge on any atom is 0.240 e. The number of nitrogens with one attached hydrogen (secondary N) is 1. The fourth-order valence-corrected chi connectivity index (χ4v) is 4.78. The molecule has 1 aliphatic rings. The van der Waals surface area contributed by atoms with Crippen molar-refractivity contribution in [3.63, 3.8) is 0 Å². The number of nitrogens with two attached hydrogens (primary N) is 1. The van der Waals surface area contributed by atoms with E-state index in [9.17, 15) is 14.3 Å². The number of hydrogen-bond acceptors (Lipinski definition) is 7. The van der Waals surface area contributed by atoms with Crippen LogP contribution in [0.2, 0.25) is 5.02 Å². The maximum atomic E-state index is 14.4. The lowest BCUT2D eigenvalue weighted by molar-refractivity contribution is -0.119. The van der Waals surface area contributed by atoms with E-state index in [1.54, 1.807) is 54.2 Å². The van der Waals surface area contributed by atoms with Crippen LogP contribution in [-0.2, 0) is 16.6 Å². The van der Waals surface area contributed by atoms with Crippen LogP contribution in [0.15, 0.2) is 61.1 Å². The number of rotatable bonds is 4. The van der Waals surface area contributed by atoms with Crippen molar-refractivity contribution in [1.82, 2.24) is 24.3 Å². The van der Waals surface area contributed by atoms with E-state index < -0.39 is 5.41 Å². The van der Waals surface area contributed by atoms with Gasteiger partial charge in [-0.25, -0.2) is 24.3 Å². The number of phenols is 1. The molecule has 1 atom stereocenters. The summed E-state index contributed by atoms with van der Waals surface area (Å²) in [6, 6.07) is 11.1. The minimum absolute atomic E-state index is 0.0819. The van der Waals surface area contributed by atoms with Crippen molar-refractivity contribution in [1.29, 1.82) is 0 Å². The molecule has 2 aromatic carbocycles. The van der Waals surface area contributed by atoms with Gasteiger partial charge in [-0.05, 0) is 36.2 Å². The van der Waals surface area contributed by atoms with Gasteiger partial charge in [0.15, 0.2) is 11.5 Å². The van der Waals surface area contributed by atoms with Crippen LogP contribution in [0.1, 0.15) is 29.3 Å². The first-order valence-corrected chi connectivity index (χ1v) is 11.7. The van der Waals surface area contributed by atoms with E-state index in [1.807, 2.05) is 0 Å². The smallest absolute Gasteiger partial charge is 0.240 e. The number of carbonyl (C=O) groups is 1. The van der Waals surface area contributed by atoms with Crippen molar-refractivity contribution in [2.24, 2.45) is 0 Å². The molecule has 0 bridgehead atoms. The SMILES string of the molecule is C[C@]1(c2ccc(Cl)c(O)c2)C(=O)Nc2nc(-c3cn4ccnc4c(Cc4ccccc4F)n3)nc(N)c21. The van der Waals surface area contributed by atoms with Gasteiger partial charge >= 0.3 is 0 Å². The number of benzene rings is 2. The van der Waals surface area contributed by atoms with Gasteiger partial charge in [0.05, 0.1) is 16.3 Å². The average Bonchev–Trinajstić information content (AvgIpc) is 3.45. The predicted octanol–water partition coefficient (Wildman–Crippen LogP) is 4.12. The van der Waals surface area contributed by atoms with Gasteiger partial charge in [-0.2, -0.15) is 0 Å². The van der Waals surface area contributed by atoms with Gasteiger partial charge in [0.25, 0.3) is 0 Å². The first-order valence-electron chi connectivity index (χ1n) is 11.3. The first-order chi connectivity index (χ1) is 17.8. The third-order valence-corrected chi connectivity index (χ3v) is 6.95. The summed E-state index contributed by atoms with van der Waals surface area (Å²) in [6.07, 6.45) is 5.27. The van der Waals surface area contributed by atoms with E-state index in [4.69, 9.17) is 22.3 Å². The molecule has 184 valence electrons. The monoisotopic (exact) mass is 515 g/mol. The molecular weight excluding hydrogens is 497 g/mol. The molecule has 5 aromatic rings. The molecule has 37 heavy (non-hydrogen) atoms. The molecule has 1 aliphatic heterocycles. The molecule has 4 heterocycles. The quantitative estimate of drug-likeness (QED) is 0.328. The second-order valence-electron chi connectivity index (χ2n) is 8.90. The summed E-state index contributed by atoms with van der Waals surface area (Å²) in [5, 5.41) is 13.1. The molecule has 0 aliphatic carbocycles. The topological polar surface area (TPSA) is 131 Å². The van der Waals surface area contributed by atoms with Crippen molar-refractivity contribution >= 4 is 34.8 Å². The summed E-state index contributed by atoms with van der Waals surface area (Å²) in [6.45, 7) is 1.68. The highest BCUT2D eigenvalue weighted by Gasteiger charge is 2.47. The van der Waals surface area contributed by atoms with Crippen LogP contribution in [-0.4, -0.2) is 35.4 Å². The fourth-order valence-electron chi connectivity index (χ4n) is 4.67. The number of halogens is 2. The van der Waals surface area contributed by atoms with E-state index in [0.717, 1.165) is 0 Å². The number of phenolic OH excluding ortho intramolecular Hbond substituents is 1. The zero-order valence-electron chi connectivity index (χ0n) is 19.4. The minimum atomic E-state index is -1.25. The Kier molecular flexibility index (Phi) is 5.09. The van der Waals surface area contributed by atoms with E-state index in [1.165, 1.54) is 18.2 Å². The van der Waals surface area contributed by atoms with Gasteiger partial charge in [-0.1, -0.05) is 35.9 Å². The number of amides is 1. The van der Waals surface area contributed by atoms with Gasteiger partial charge in [-0.15, -0.1) is 0 Å². The van der Waals surface area contributed by atoms with Crippen LogP contribution in [0.25, 0.3) is 17.2 Å². The Morgan fingerprint density at radius 1 is 1.19 bits per heavy atom. The van der Waals surface area contributed by atoms with Crippen LogP contribution in [0.4, 0.5) is 16.0 Å². The summed E-state index contributed by atoms with van der Waals surface area (Å²) in [4.78, 5) is 31.3. The molecule has 0 fully saturated rings. The lowest BCUT2D eigenvalue weighted by Crippen LogP contribution is -2.32. The summed E-state index contributed by atoms with van der Waals surface area (Å²) in [5.74, 6) is -0.359. The third kappa shape index (κ3) is 3.56. The van der Waals surface area contributed by atoms with Crippen LogP contribution >= 0.6 is 11.6 Å². The van der Waals surface area contributed by atoms with Gasteiger partial charge in [0, 0.05) is 25.0 Å². The molecule has 1 amide bonds. The summed E-state index contributed by atoms with van der Waals surface area (Å²) in [5.41, 5.74) is 7.97. The number of carbonyl (C=O) groups excluding carboxylic acids is 1. The fraction of sp³-hybridized carbons (Fsp3) is 0.115. The van der Waals surface area contributed by atoms with E-state index in [0.29, 0.717) is 33.7 Å². The summed E-state index contributed by atoms with van der Waals surface area (Å²) in [7, 11) is 0. The van der Waals surface area contributed by atoms with Crippen molar-refractivity contribution in [2.45, 2.75) is 18.8 Å². The number of hydrogen-bond donors (Lipinski definition) is 3. The Morgan fingerprint density at radius 2 is 2.00 bits per heavy atom. The first kappa shape index (κ1) is 22.9. The largest absolute Gasteiger partial charge is 0.506 e. The highest BCUT2D eigenvalue weighted by Crippen LogP contribution is 2.46.